The first-order valence-corrected chi connectivity index (χ1v) is 9.06. The first kappa shape index (κ1) is 18.5. The molecule has 0 radical (unpaired) electrons. The van der Waals surface area contributed by atoms with Crippen LogP contribution in [0.15, 0.2) is 47.4 Å². The van der Waals surface area contributed by atoms with Gasteiger partial charge < -0.3 is 15.3 Å². The Bertz CT molecular complexity index is 915. The molecule has 8 heteroatoms. The molecule has 0 aromatic heterocycles. The van der Waals surface area contributed by atoms with Crippen LogP contribution in [-0.2, 0) is 14.6 Å². The van der Waals surface area contributed by atoms with Crippen LogP contribution in [0, 0.1) is 0 Å². The van der Waals surface area contributed by atoms with Gasteiger partial charge in [0.1, 0.15) is 11.5 Å². The fourth-order valence-corrected chi connectivity index (χ4v) is 3.02. The molecule has 0 aliphatic heterocycles. The fraction of sp³-hybridized carbons (Fsp3) is 0.176. The number of phenolic OH excluding ortho intramolecular Hbond substituents is 2. The van der Waals surface area contributed by atoms with Crippen molar-refractivity contribution < 1.29 is 33.3 Å². The third-order valence-electron chi connectivity index (χ3n) is 3.65. The van der Waals surface area contributed by atoms with Crippen LogP contribution >= 0.6 is 0 Å². The highest BCUT2D eigenvalue weighted by Crippen LogP contribution is 2.31. The number of ketones is 1. The number of carboxylic acids is 1. The molecule has 2 rings (SSSR count). The number of hydrogen-bond acceptors (Lipinski definition) is 6. The molecule has 132 valence electrons. The highest BCUT2D eigenvalue weighted by molar-refractivity contribution is 7.90. The Hall–Kier alpha value is -2.87. The SMILES string of the molecule is CS(=O)(=O)c1ccc(C(CC(=O)O)C(=O)c2cc(O)ccc2O)cc1. The van der Waals surface area contributed by atoms with E-state index < -0.39 is 33.9 Å². The molecule has 1 atom stereocenters. The van der Waals surface area contributed by atoms with Crippen LogP contribution in [0.4, 0.5) is 0 Å². The summed E-state index contributed by atoms with van der Waals surface area (Å²) in [6, 6.07) is 8.68. The van der Waals surface area contributed by atoms with E-state index in [4.69, 9.17) is 5.11 Å². The summed E-state index contributed by atoms with van der Waals surface area (Å²) in [5.41, 5.74) is 0.0842. The van der Waals surface area contributed by atoms with E-state index in [1.165, 1.54) is 30.3 Å². The smallest absolute Gasteiger partial charge is 0.304 e. The highest BCUT2D eigenvalue weighted by Gasteiger charge is 2.27. The lowest BCUT2D eigenvalue weighted by molar-refractivity contribution is -0.137. The molecular formula is C17H16O7S. The van der Waals surface area contributed by atoms with Crippen molar-refractivity contribution in [3.8, 4) is 11.5 Å². The Kier molecular flexibility index (Phi) is 5.13. The molecule has 0 amide bonds. The van der Waals surface area contributed by atoms with Crippen LogP contribution in [0.25, 0.3) is 0 Å². The van der Waals surface area contributed by atoms with Crippen molar-refractivity contribution in [3.63, 3.8) is 0 Å². The van der Waals surface area contributed by atoms with Gasteiger partial charge in [-0.1, -0.05) is 12.1 Å². The topological polar surface area (TPSA) is 129 Å². The summed E-state index contributed by atoms with van der Waals surface area (Å²) >= 11 is 0. The Balaban J connectivity index is 2.47. The van der Waals surface area contributed by atoms with Crippen molar-refractivity contribution in [2.45, 2.75) is 17.2 Å². The number of benzene rings is 2. The normalized spacial score (nSPS) is 12.5. The van der Waals surface area contributed by atoms with Crippen molar-refractivity contribution in [1.82, 2.24) is 0 Å². The second-order valence-corrected chi connectivity index (χ2v) is 7.57. The first-order valence-electron chi connectivity index (χ1n) is 7.17. The fourth-order valence-electron chi connectivity index (χ4n) is 2.39. The quantitative estimate of drug-likeness (QED) is 0.527. The molecule has 0 bridgehead atoms. The van der Waals surface area contributed by atoms with Gasteiger partial charge in [-0.15, -0.1) is 0 Å². The summed E-state index contributed by atoms with van der Waals surface area (Å²) < 4.78 is 23.0. The minimum absolute atomic E-state index is 0.0398. The molecule has 2 aromatic carbocycles. The standard InChI is InChI=1S/C17H16O7S/c1-25(23,24)12-5-2-10(3-6-12)13(9-16(20)21)17(22)14-8-11(18)4-7-15(14)19/h2-8,13,18-19H,9H2,1H3,(H,20,21). The monoisotopic (exact) mass is 364 g/mol. The van der Waals surface area contributed by atoms with Gasteiger partial charge in [-0.05, 0) is 35.9 Å². The summed E-state index contributed by atoms with van der Waals surface area (Å²) in [6.07, 6.45) is 0.485. The van der Waals surface area contributed by atoms with Gasteiger partial charge >= 0.3 is 5.97 Å². The second kappa shape index (κ2) is 6.94. The number of Topliss-reactive ketones (excluding diaryl/α,β-unsaturated/α-hetero) is 1. The Labute approximate surface area is 144 Å². The van der Waals surface area contributed by atoms with Gasteiger partial charge in [-0.2, -0.15) is 0 Å². The van der Waals surface area contributed by atoms with Crippen LogP contribution in [0.5, 0.6) is 11.5 Å². The van der Waals surface area contributed by atoms with Crippen LogP contribution < -0.4 is 0 Å². The molecule has 0 saturated carbocycles. The molecule has 3 N–H and O–H groups in total. The van der Waals surface area contributed by atoms with Crippen LogP contribution in [0.1, 0.15) is 28.3 Å². The third-order valence-corrected chi connectivity index (χ3v) is 4.78. The van der Waals surface area contributed by atoms with E-state index in [0.717, 1.165) is 18.4 Å². The van der Waals surface area contributed by atoms with E-state index in [-0.39, 0.29) is 22.0 Å². The number of carboxylic acid groups (broad SMARTS) is 1. The van der Waals surface area contributed by atoms with Crippen LogP contribution in [0.3, 0.4) is 0 Å². The van der Waals surface area contributed by atoms with Crippen molar-refractivity contribution in [2.75, 3.05) is 6.26 Å². The molecule has 0 heterocycles. The number of hydrogen-bond donors (Lipinski definition) is 3. The van der Waals surface area contributed by atoms with Crippen molar-refractivity contribution >= 4 is 21.6 Å². The summed E-state index contributed by atoms with van der Waals surface area (Å²) in [5.74, 6) is -3.69. The zero-order chi connectivity index (χ0) is 18.8. The summed E-state index contributed by atoms with van der Waals surface area (Å²) in [4.78, 5) is 23.9. The van der Waals surface area contributed by atoms with Gasteiger partial charge in [0.25, 0.3) is 0 Å². The maximum atomic E-state index is 12.7. The predicted molar refractivity (Wildman–Crippen MR) is 88.6 cm³/mol. The molecule has 0 fully saturated rings. The average molecular weight is 364 g/mol. The number of aliphatic carboxylic acids is 1. The molecule has 0 aliphatic carbocycles. The van der Waals surface area contributed by atoms with Gasteiger partial charge in [-0.25, -0.2) is 8.42 Å². The van der Waals surface area contributed by atoms with Crippen molar-refractivity contribution in [3.05, 3.63) is 53.6 Å². The molecule has 7 nitrogen and oxygen atoms in total. The number of carbonyl (C=O) groups is 2. The van der Waals surface area contributed by atoms with E-state index in [2.05, 4.69) is 0 Å². The summed E-state index contributed by atoms with van der Waals surface area (Å²) in [6.45, 7) is 0. The molecule has 1 unspecified atom stereocenters. The molecular weight excluding hydrogens is 348 g/mol. The molecule has 2 aromatic rings. The lowest BCUT2D eigenvalue weighted by Crippen LogP contribution is -2.17. The van der Waals surface area contributed by atoms with E-state index >= 15 is 0 Å². The predicted octanol–water partition coefficient (Wildman–Crippen LogP) is 1.94. The first-order chi connectivity index (χ1) is 11.6. The van der Waals surface area contributed by atoms with E-state index in [0.29, 0.717) is 5.56 Å². The maximum Gasteiger partial charge on any atom is 0.304 e. The third kappa shape index (κ3) is 4.36. The minimum atomic E-state index is -3.43. The number of phenols is 2. The number of aromatic hydroxyl groups is 2. The van der Waals surface area contributed by atoms with Gasteiger partial charge in [0, 0.05) is 6.26 Å². The van der Waals surface area contributed by atoms with E-state index in [1.807, 2.05) is 0 Å². The van der Waals surface area contributed by atoms with Gasteiger partial charge in [-0.3, -0.25) is 9.59 Å². The average Bonchev–Trinajstić information content (AvgIpc) is 2.53. The van der Waals surface area contributed by atoms with Gasteiger partial charge in [0.2, 0.25) is 0 Å². The Morgan fingerprint density at radius 1 is 1.04 bits per heavy atom. The maximum absolute atomic E-state index is 12.7. The Morgan fingerprint density at radius 2 is 1.64 bits per heavy atom. The van der Waals surface area contributed by atoms with Crippen LogP contribution in [0.2, 0.25) is 0 Å². The van der Waals surface area contributed by atoms with Crippen molar-refractivity contribution in [1.29, 1.82) is 0 Å². The van der Waals surface area contributed by atoms with E-state index in [1.54, 1.807) is 0 Å². The van der Waals surface area contributed by atoms with Crippen LogP contribution in [-0.4, -0.2) is 41.7 Å². The summed E-state index contributed by atoms with van der Waals surface area (Å²) in [7, 11) is -3.43. The second-order valence-electron chi connectivity index (χ2n) is 5.56. The largest absolute Gasteiger partial charge is 0.508 e. The molecule has 0 aliphatic rings. The molecule has 0 saturated heterocycles. The van der Waals surface area contributed by atoms with Crippen molar-refractivity contribution in [2.24, 2.45) is 0 Å². The number of rotatable bonds is 6. The number of carbonyl (C=O) groups excluding carboxylic acids is 1. The molecule has 25 heavy (non-hydrogen) atoms. The number of sulfone groups is 1. The van der Waals surface area contributed by atoms with Gasteiger partial charge in [0.05, 0.1) is 22.8 Å². The van der Waals surface area contributed by atoms with Gasteiger partial charge in [0.15, 0.2) is 15.6 Å². The lowest BCUT2D eigenvalue weighted by atomic mass is 9.87. The zero-order valence-corrected chi connectivity index (χ0v) is 14.0. The molecule has 0 spiro atoms. The lowest BCUT2D eigenvalue weighted by Gasteiger charge is -2.16. The van der Waals surface area contributed by atoms with E-state index in [9.17, 15) is 28.2 Å². The Morgan fingerprint density at radius 3 is 2.16 bits per heavy atom. The summed E-state index contributed by atoms with van der Waals surface area (Å²) in [5, 5.41) is 28.4. The zero-order valence-electron chi connectivity index (χ0n) is 13.2. The highest BCUT2D eigenvalue weighted by atomic mass is 32.2. The minimum Gasteiger partial charge on any atom is -0.508 e.